The number of hydrogen-bond donors (Lipinski definition) is 1. The van der Waals surface area contributed by atoms with Crippen LogP contribution in [0.25, 0.3) is 0 Å². The van der Waals surface area contributed by atoms with Crippen molar-refractivity contribution in [1.82, 2.24) is 10.2 Å². The minimum atomic E-state index is -0.190. The van der Waals surface area contributed by atoms with E-state index in [1.165, 1.54) is 11.1 Å². The second-order valence-electron chi connectivity index (χ2n) is 2.10. The molecule has 0 aromatic rings. The molecule has 0 radical (unpaired) electrons. The molecule has 66 valence electrons. The highest BCUT2D eigenvalue weighted by Gasteiger charge is 2.05. The molecule has 0 aliphatic rings. The summed E-state index contributed by atoms with van der Waals surface area (Å²) in [6.45, 7) is 11.4. The highest BCUT2D eigenvalue weighted by atomic mass is 16.2. The Hall–Kier alpha value is -1.51. The predicted octanol–water partition coefficient (Wildman–Crippen LogP) is 1.51. The second kappa shape index (κ2) is 6.22. The molecular weight excluding hydrogens is 152 g/mol. The molecule has 0 unspecified atom stereocenters. The average molecular weight is 166 g/mol. The van der Waals surface area contributed by atoms with Crippen molar-refractivity contribution in [1.29, 1.82) is 0 Å². The molecule has 3 nitrogen and oxygen atoms in total. The molecule has 0 atom stereocenters. The first-order chi connectivity index (χ1) is 5.76. The van der Waals surface area contributed by atoms with Crippen LogP contribution in [0, 0.1) is 0 Å². The topological polar surface area (TPSA) is 32.3 Å². The van der Waals surface area contributed by atoms with E-state index in [1.807, 2.05) is 0 Å². The Morgan fingerprint density at radius 2 is 2.00 bits per heavy atom. The molecule has 12 heavy (non-hydrogen) atoms. The Morgan fingerprint density at radius 1 is 1.33 bits per heavy atom. The Morgan fingerprint density at radius 3 is 2.42 bits per heavy atom. The Kier molecular flexibility index (Phi) is 5.43. The third-order valence-electron chi connectivity index (χ3n) is 1.20. The van der Waals surface area contributed by atoms with Crippen molar-refractivity contribution in [2.24, 2.45) is 0 Å². The maximum Gasteiger partial charge on any atom is 0.321 e. The molecule has 1 N–H and O–H groups in total. The summed E-state index contributed by atoms with van der Waals surface area (Å²) in [6, 6.07) is -0.190. The van der Waals surface area contributed by atoms with E-state index >= 15 is 0 Å². The van der Waals surface area contributed by atoms with Crippen LogP contribution in [0.15, 0.2) is 38.1 Å². The van der Waals surface area contributed by atoms with Crippen molar-refractivity contribution in [2.45, 2.75) is 0 Å². The summed E-state index contributed by atoms with van der Waals surface area (Å²) in [7, 11) is 0. The van der Waals surface area contributed by atoms with Gasteiger partial charge in [-0.15, -0.1) is 13.2 Å². The smallest absolute Gasteiger partial charge is 0.321 e. The number of rotatable bonds is 5. The third-order valence-corrected chi connectivity index (χ3v) is 1.20. The van der Waals surface area contributed by atoms with Gasteiger partial charge in [0.15, 0.2) is 0 Å². The summed E-state index contributed by atoms with van der Waals surface area (Å²) < 4.78 is 0. The molecule has 3 heteroatoms. The van der Waals surface area contributed by atoms with E-state index in [-0.39, 0.29) is 6.03 Å². The van der Waals surface area contributed by atoms with Crippen LogP contribution in [-0.4, -0.2) is 24.0 Å². The quantitative estimate of drug-likeness (QED) is 0.617. The Balaban J connectivity index is 3.92. The molecule has 2 amide bonds. The van der Waals surface area contributed by atoms with Crippen molar-refractivity contribution in [2.75, 3.05) is 13.1 Å². The molecular formula is C9H14N2O. The van der Waals surface area contributed by atoms with Gasteiger partial charge in [0, 0.05) is 19.3 Å². The number of carbonyl (C=O) groups is 1. The highest BCUT2D eigenvalue weighted by molar-refractivity contribution is 5.75. The van der Waals surface area contributed by atoms with Crippen LogP contribution >= 0.6 is 0 Å². The first-order valence-electron chi connectivity index (χ1n) is 3.65. The van der Waals surface area contributed by atoms with Gasteiger partial charge in [-0.25, -0.2) is 4.79 Å². The summed E-state index contributed by atoms with van der Waals surface area (Å²) >= 11 is 0. The fourth-order valence-electron chi connectivity index (χ4n) is 0.640. The van der Waals surface area contributed by atoms with Crippen molar-refractivity contribution in [3.8, 4) is 0 Å². The van der Waals surface area contributed by atoms with E-state index in [0.29, 0.717) is 13.1 Å². The number of amides is 2. The normalized spacial score (nSPS) is 8.33. The highest BCUT2D eigenvalue weighted by Crippen LogP contribution is 1.89. The van der Waals surface area contributed by atoms with Crippen LogP contribution in [-0.2, 0) is 0 Å². The Bertz CT molecular complexity index is 187. The molecule has 0 aromatic carbocycles. The molecule has 0 aliphatic heterocycles. The second-order valence-corrected chi connectivity index (χ2v) is 2.10. The van der Waals surface area contributed by atoms with Crippen molar-refractivity contribution in [3.05, 3.63) is 38.1 Å². The fourth-order valence-corrected chi connectivity index (χ4v) is 0.640. The van der Waals surface area contributed by atoms with Crippen LogP contribution in [0.3, 0.4) is 0 Å². The van der Waals surface area contributed by atoms with Crippen molar-refractivity contribution < 1.29 is 4.79 Å². The van der Waals surface area contributed by atoms with Crippen LogP contribution in [0.4, 0.5) is 4.79 Å². The standard InChI is InChI=1S/C9H14N2O/c1-4-7-10-9(12)11(6-3)8-5-2/h4-6H,1-3,7-8H2,(H,10,12). The summed E-state index contributed by atoms with van der Waals surface area (Å²) in [6.07, 6.45) is 4.71. The van der Waals surface area contributed by atoms with Crippen LogP contribution < -0.4 is 5.32 Å². The molecule has 0 bridgehead atoms. The lowest BCUT2D eigenvalue weighted by atomic mass is 10.5. The first kappa shape index (κ1) is 10.5. The number of urea groups is 1. The molecule has 0 fully saturated rings. The maximum absolute atomic E-state index is 11.2. The zero-order chi connectivity index (χ0) is 9.40. The lowest BCUT2D eigenvalue weighted by Crippen LogP contribution is -2.36. The lowest BCUT2D eigenvalue weighted by molar-refractivity contribution is 0.220. The largest absolute Gasteiger partial charge is 0.334 e. The third kappa shape index (κ3) is 3.61. The van der Waals surface area contributed by atoms with Crippen molar-refractivity contribution in [3.63, 3.8) is 0 Å². The van der Waals surface area contributed by atoms with E-state index in [2.05, 4.69) is 25.1 Å². The van der Waals surface area contributed by atoms with Crippen LogP contribution in [0.1, 0.15) is 0 Å². The lowest BCUT2D eigenvalue weighted by Gasteiger charge is -2.15. The molecule has 0 saturated heterocycles. The summed E-state index contributed by atoms with van der Waals surface area (Å²) in [5.41, 5.74) is 0. The minimum Gasteiger partial charge on any atom is -0.334 e. The van der Waals surface area contributed by atoms with Crippen molar-refractivity contribution >= 4 is 6.03 Å². The molecule has 0 heterocycles. The SMILES string of the molecule is C=CCNC(=O)N(C=C)CC=C. The Labute approximate surface area is 73.1 Å². The minimum absolute atomic E-state index is 0.190. The van der Waals surface area contributed by atoms with E-state index < -0.39 is 0 Å². The van der Waals surface area contributed by atoms with E-state index in [0.717, 1.165) is 0 Å². The van der Waals surface area contributed by atoms with E-state index in [4.69, 9.17) is 0 Å². The number of carbonyl (C=O) groups excluding carboxylic acids is 1. The average Bonchev–Trinajstić information content (AvgIpc) is 2.10. The molecule has 0 aliphatic carbocycles. The van der Waals surface area contributed by atoms with E-state index in [1.54, 1.807) is 12.2 Å². The van der Waals surface area contributed by atoms with E-state index in [9.17, 15) is 4.79 Å². The molecule has 0 aromatic heterocycles. The van der Waals surface area contributed by atoms with Gasteiger partial charge in [-0.05, 0) is 0 Å². The van der Waals surface area contributed by atoms with Gasteiger partial charge in [-0.3, -0.25) is 4.90 Å². The van der Waals surface area contributed by atoms with Gasteiger partial charge in [0.2, 0.25) is 0 Å². The summed E-state index contributed by atoms with van der Waals surface area (Å²) in [4.78, 5) is 12.6. The zero-order valence-electron chi connectivity index (χ0n) is 7.12. The van der Waals surface area contributed by atoms with Gasteiger partial charge in [0.1, 0.15) is 0 Å². The van der Waals surface area contributed by atoms with Gasteiger partial charge in [-0.2, -0.15) is 0 Å². The summed E-state index contributed by atoms with van der Waals surface area (Å²) in [5, 5.41) is 2.62. The molecule has 0 spiro atoms. The fraction of sp³-hybridized carbons (Fsp3) is 0.222. The van der Waals surface area contributed by atoms with Gasteiger partial charge in [-0.1, -0.05) is 18.7 Å². The summed E-state index contributed by atoms with van der Waals surface area (Å²) in [5.74, 6) is 0. The monoisotopic (exact) mass is 166 g/mol. The molecule has 0 rings (SSSR count). The van der Waals surface area contributed by atoms with Gasteiger partial charge < -0.3 is 5.32 Å². The number of nitrogens with one attached hydrogen (secondary N) is 1. The van der Waals surface area contributed by atoms with Crippen LogP contribution in [0.2, 0.25) is 0 Å². The van der Waals surface area contributed by atoms with Gasteiger partial charge in [0.05, 0.1) is 0 Å². The number of nitrogens with zero attached hydrogens (tertiary/aromatic N) is 1. The number of hydrogen-bond acceptors (Lipinski definition) is 1. The zero-order valence-corrected chi connectivity index (χ0v) is 7.12. The predicted molar refractivity (Wildman–Crippen MR) is 50.7 cm³/mol. The van der Waals surface area contributed by atoms with Gasteiger partial charge >= 0.3 is 6.03 Å². The maximum atomic E-state index is 11.2. The molecule has 0 saturated carbocycles. The first-order valence-corrected chi connectivity index (χ1v) is 3.65. The van der Waals surface area contributed by atoms with Gasteiger partial charge in [0.25, 0.3) is 0 Å². The van der Waals surface area contributed by atoms with Crippen LogP contribution in [0.5, 0.6) is 0 Å².